The second-order valence-electron chi connectivity index (χ2n) is 3.33. The first kappa shape index (κ1) is 12.2. The molecule has 0 spiro atoms. The molecule has 0 atom stereocenters. The Morgan fingerprint density at radius 3 is 2.83 bits per heavy atom. The summed E-state index contributed by atoms with van der Waals surface area (Å²) in [6.07, 6.45) is 0. The van der Waals surface area contributed by atoms with Crippen LogP contribution in [0, 0.1) is 23.0 Å². The molecule has 0 aliphatic carbocycles. The van der Waals surface area contributed by atoms with Gasteiger partial charge in [0.25, 0.3) is 5.91 Å². The van der Waals surface area contributed by atoms with Crippen LogP contribution in [0.1, 0.15) is 15.9 Å². The van der Waals surface area contributed by atoms with Crippen molar-refractivity contribution in [2.75, 3.05) is 5.32 Å². The Bertz CT molecular complexity index is 646. The minimum atomic E-state index is -1.20. The summed E-state index contributed by atoms with van der Waals surface area (Å²) in [6.45, 7) is 0. The Kier molecular flexibility index (Phi) is 3.35. The minimum Gasteiger partial charge on any atom is -0.312 e. The van der Waals surface area contributed by atoms with Crippen LogP contribution >= 0.6 is 11.3 Å². The molecular weight excluding hydrogens is 258 g/mol. The molecule has 90 valence electrons. The minimum absolute atomic E-state index is 0.283. The van der Waals surface area contributed by atoms with E-state index in [1.54, 1.807) is 5.38 Å². The molecule has 1 aromatic heterocycles. The highest BCUT2D eigenvalue weighted by Gasteiger charge is 2.16. The van der Waals surface area contributed by atoms with E-state index in [0.717, 1.165) is 17.4 Å². The van der Waals surface area contributed by atoms with Gasteiger partial charge in [0.2, 0.25) is 0 Å². The molecule has 0 aliphatic heterocycles. The molecule has 2 rings (SSSR count). The number of hydrogen-bond donors (Lipinski definition) is 1. The van der Waals surface area contributed by atoms with Gasteiger partial charge in [0.05, 0.1) is 11.1 Å². The highest BCUT2D eigenvalue weighted by atomic mass is 32.1. The fourth-order valence-electron chi connectivity index (χ4n) is 1.34. The zero-order chi connectivity index (χ0) is 13.1. The first-order chi connectivity index (χ1) is 8.63. The lowest BCUT2D eigenvalue weighted by atomic mass is 10.2. The molecule has 1 aromatic carbocycles. The van der Waals surface area contributed by atoms with Crippen LogP contribution in [-0.2, 0) is 0 Å². The second-order valence-corrected chi connectivity index (χ2v) is 4.25. The van der Waals surface area contributed by atoms with Crippen LogP contribution < -0.4 is 5.32 Å². The van der Waals surface area contributed by atoms with E-state index in [1.807, 2.05) is 6.07 Å². The van der Waals surface area contributed by atoms with Crippen LogP contribution in [-0.4, -0.2) is 5.91 Å². The molecule has 1 N–H and O–H groups in total. The molecule has 0 unspecified atom stereocenters. The average Bonchev–Trinajstić information content (AvgIpc) is 2.79. The van der Waals surface area contributed by atoms with Crippen LogP contribution in [0.3, 0.4) is 0 Å². The van der Waals surface area contributed by atoms with Gasteiger partial charge >= 0.3 is 0 Å². The summed E-state index contributed by atoms with van der Waals surface area (Å²) in [4.78, 5) is 11.7. The molecule has 18 heavy (non-hydrogen) atoms. The second kappa shape index (κ2) is 4.94. The molecular formula is C12H6F2N2OS. The van der Waals surface area contributed by atoms with Gasteiger partial charge in [-0.1, -0.05) is 6.07 Å². The van der Waals surface area contributed by atoms with Gasteiger partial charge in [0, 0.05) is 0 Å². The van der Waals surface area contributed by atoms with Gasteiger partial charge in [0.1, 0.15) is 11.1 Å². The monoisotopic (exact) mass is 264 g/mol. The summed E-state index contributed by atoms with van der Waals surface area (Å²) in [6, 6.07) is 6.76. The number of nitrogens with zero attached hydrogens (tertiary/aromatic N) is 1. The van der Waals surface area contributed by atoms with Crippen molar-refractivity contribution in [2.24, 2.45) is 0 Å². The van der Waals surface area contributed by atoms with E-state index in [0.29, 0.717) is 5.00 Å². The van der Waals surface area contributed by atoms with Crippen molar-refractivity contribution >= 4 is 22.2 Å². The number of halogens is 2. The maximum absolute atomic E-state index is 13.4. The van der Waals surface area contributed by atoms with E-state index in [4.69, 9.17) is 5.26 Å². The lowest BCUT2D eigenvalue weighted by Crippen LogP contribution is -2.14. The number of benzene rings is 1. The molecule has 0 fully saturated rings. The quantitative estimate of drug-likeness (QED) is 0.905. The Labute approximate surface area is 105 Å². The van der Waals surface area contributed by atoms with Gasteiger partial charge in [-0.05, 0) is 23.6 Å². The maximum Gasteiger partial charge on any atom is 0.259 e. The number of carbonyl (C=O) groups is 1. The van der Waals surface area contributed by atoms with Crippen LogP contribution in [0.5, 0.6) is 0 Å². The maximum atomic E-state index is 13.4. The van der Waals surface area contributed by atoms with Gasteiger partial charge < -0.3 is 5.32 Å². The number of carbonyl (C=O) groups excluding carboxylic acids is 1. The molecule has 3 nitrogen and oxygen atoms in total. The number of rotatable bonds is 2. The number of nitrogens with one attached hydrogen (secondary N) is 1. The Morgan fingerprint density at radius 1 is 1.33 bits per heavy atom. The molecule has 0 saturated carbocycles. The molecule has 0 aliphatic rings. The first-order valence-electron chi connectivity index (χ1n) is 4.86. The first-order valence-corrected chi connectivity index (χ1v) is 5.74. The summed E-state index contributed by atoms with van der Waals surface area (Å²) < 4.78 is 26.3. The Hall–Kier alpha value is -2.26. The van der Waals surface area contributed by atoms with Crippen molar-refractivity contribution in [1.82, 2.24) is 0 Å². The summed E-state index contributed by atoms with van der Waals surface area (Å²) in [7, 11) is 0. The SMILES string of the molecule is N#Cc1ccsc1NC(=O)c1cccc(F)c1F. The van der Waals surface area contributed by atoms with Crippen LogP contribution in [0.15, 0.2) is 29.6 Å². The summed E-state index contributed by atoms with van der Waals surface area (Å²) in [5, 5.41) is 13.1. The third kappa shape index (κ3) is 2.21. The largest absolute Gasteiger partial charge is 0.312 e. The highest BCUT2D eigenvalue weighted by molar-refractivity contribution is 7.14. The van der Waals surface area contributed by atoms with Crippen LogP contribution in [0.4, 0.5) is 13.8 Å². The van der Waals surface area contributed by atoms with E-state index < -0.39 is 23.1 Å². The average molecular weight is 264 g/mol. The van der Waals surface area contributed by atoms with E-state index in [2.05, 4.69) is 5.32 Å². The predicted molar refractivity (Wildman–Crippen MR) is 63.3 cm³/mol. The standard InChI is InChI=1S/C12H6F2N2OS/c13-9-3-1-2-8(10(9)14)11(17)16-12-7(6-15)4-5-18-12/h1-5H,(H,16,17). The van der Waals surface area contributed by atoms with Gasteiger partial charge in [-0.2, -0.15) is 5.26 Å². The van der Waals surface area contributed by atoms with Crippen LogP contribution in [0.25, 0.3) is 0 Å². The molecule has 0 radical (unpaired) electrons. The van der Waals surface area contributed by atoms with Gasteiger partial charge in [-0.15, -0.1) is 11.3 Å². The van der Waals surface area contributed by atoms with Gasteiger partial charge in [-0.25, -0.2) is 8.78 Å². The molecule has 6 heteroatoms. The number of hydrogen-bond acceptors (Lipinski definition) is 3. The zero-order valence-corrected chi connectivity index (χ0v) is 9.72. The summed E-state index contributed by atoms with van der Waals surface area (Å²) in [5.74, 6) is -3.08. The normalized spacial score (nSPS) is 9.83. The summed E-state index contributed by atoms with van der Waals surface area (Å²) >= 11 is 1.14. The number of thiophene rings is 1. The number of nitriles is 1. The topological polar surface area (TPSA) is 52.9 Å². The molecule has 2 aromatic rings. The van der Waals surface area contributed by atoms with Crippen molar-refractivity contribution in [3.63, 3.8) is 0 Å². The third-order valence-electron chi connectivity index (χ3n) is 2.21. The lowest BCUT2D eigenvalue weighted by molar-refractivity contribution is 0.102. The van der Waals surface area contributed by atoms with Crippen molar-refractivity contribution in [2.45, 2.75) is 0 Å². The lowest BCUT2D eigenvalue weighted by Gasteiger charge is -2.04. The smallest absolute Gasteiger partial charge is 0.259 e. The Morgan fingerprint density at radius 2 is 2.11 bits per heavy atom. The van der Waals surface area contributed by atoms with Gasteiger partial charge in [-0.3, -0.25) is 4.79 Å². The highest BCUT2D eigenvalue weighted by Crippen LogP contribution is 2.23. The fourth-order valence-corrected chi connectivity index (χ4v) is 2.08. The predicted octanol–water partition coefficient (Wildman–Crippen LogP) is 3.15. The van der Waals surface area contributed by atoms with Gasteiger partial charge in [0.15, 0.2) is 11.6 Å². The third-order valence-corrected chi connectivity index (χ3v) is 3.04. The van der Waals surface area contributed by atoms with Crippen molar-refractivity contribution in [1.29, 1.82) is 5.26 Å². The van der Waals surface area contributed by atoms with E-state index in [1.165, 1.54) is 18.2 Å². The van der Waals surface area contributed by atoms with E-state index in [-0.39, 0.29) is 5.56 Å². The number of anilines is 1. The molecule has 1 amide bonds. The van der Waals surface area contributed by atoms with E-state index in [9.17, 15) is 13.6 Å². The van der Waals surface area contributed by atoms with Crippen molar-refractivity contribution in [3.8, 4) is 6.07 Å². The summed E-state index contributed by atoms with van der Waals surface area (Å²) in [5.41, 5.74) is -0.113. The zero-order valence-electron chi connectivity index (χ0n) is 8.91. The van der Waals surface area contributed by atoms with E-state index >= 15 is 0 Å². The fraction of sp³-hybridized carbons (Fsp3) is 0. The van der Waals surface area contributed by atoms with Crippen molar-refractivity contribution < 1.29 is 13.6 Å². The molecule has 0 bridgehead atoms. The molecule has 1 heterocycles. The van der Waals surface area contributed by atoms with Crippen molar-refractivity contribution in [3.05, 3.63) is 52.4 Å². The Balaban J connectivity index is 2.29. The number of amides is 1. The van der Waals surface area contributed by atoms with Crippen LogP contribution in [0.2, 0.25) is 0 Å². The molecule has 0 saturated heterocycles.